The van der Waals surface area contributed by atoms with Gasteiger partial charge in [-0.05, 0) is 32.1 Å². The minimum Gasteiger partial charge on any atom is -0.462 e. The summed E-state index contributed by atoms with van der Waals surface area (Å²) < 4.78 is 33.2. The molecule has 294 valence electrons. The van der Waals surface area contributed by atoms with Crippen LogP contribution in [0.3, 0.4) is 0 Å². The van der Waals surface area contributed by atoms with Crippen LogP contribution in [-0.4, -0.2) is 98.3 Å². The lowest BCUT2D eigenvalue weighted by Crippen LogP contribution is -2.64. The lowest BCUT2D eigenvalue weighted by Gasteiger charge is -2.41. The van der Waals surface area contributed by atoms with Gasteiger partial charge in [0.2, 0.25) is 0 Å². The average Bonchev–Trinajstić information content (AvgIpc) is 3.10. The van der Waals surface area contributed by atoms with Crippen LogP contribution in [0, 0.1) is 0 Å². The largest absolute Gasteiger partial charge is 0.472 e. The van der Waals surface area contributed by atoms with Crippen LogP contribution in [0.4, 0.5) is 0 Å². The Balaban J connectivity index is 2.54. The van der Waals surface area contributed by atoms with E-state index in [4.69, 9.17) is 18.5 Å². The number of allylic oxidation sites excluding steroid dienone is 8. The summed E-state index contributed by atoms with van der Waals surface area (Å²) in [5.41, 5.74) is 0. The first-order chi connectivity index (χ1) is 24.4. The monoisotopic (exact) mass is 746 g/mol. The Morgan fingerprint density at radius 3 is 1.71 bits per heavy atom. The number of hydrogen-bond donors (Lipinski definition) is 6. The molecule has 0 saturated heterocycles. The van der Waals surface area contributed by atoms with Gasteiger partial charge in [0, 0.05) is 12.8 Å². The van der Waals surface area contributed by atoms with Gasteiger partial charge in [-0.15, -0.1) is 0 Å². The van der Waals surface area contributed by atoms with Gasteiger partial charge in [-0.2, -0.15) is 0 Å². The molecule has 0 aromatic rings. The molecule has 51 heavy (non-hydrogen) atoms. The molecule has 1 saturated carbocycles. The molecule has 1 rings (SSSR count). The Morgan fingerprint density at radius 2 is 1.12 bits per heavy atom. The predicted molar refractivity (Wildman–Crippen MR) is 193 cm³/mol. The van der Waals surface area contributed by atoms with Crippen LogP contribution in [0.1, 0.15) is 117 Å². The van der Waals surface area contributed by atoms with E-state index < -0.39 is 75.7 Å². The third kappa shape index (κ3) is 21.8. The summed E-state index contributed by atoms with van der Waals surface area (Å²) in [6, 6.07) is 0. The highest BCUT2D eigenvalue weighted by molar-refractivity contribution is 7.47. The van der Waals surface area contributed by atoms with Crippen LogP contribution in [0.2, 0.25) is 0 Å². The first kappa shape index (κ1) is 46.8. The third-order valence-electron chi connectivity index (χ3n) is 8.28. The van der Waals surface area contributed by atoms with Gasteiger partial charge in [0.25, 0.3) is 0 Å². The van der Waals surface area contributed by atoms with Crippen LogP contribution in [0.5, 0.6) is 0 Å². The molecule has 6 N–H and O–H groups in total. The van der Waals surface area contributed by atoms with E-state index in [1.165, 1.54) is 0 Å². The SMILES string of the molecule is CC/C=C/C=C/C=C/C=C/CCCCCCCC(=O)OC[C@@H](COP(=O)(O)OC1C(O)C(O)C(O)[C@H](O)C1O)OC(=O)CCCCCCCCC. The number of phosphoric ester groups is 1. The van der Waals surface area contributed by atoms with Gasteiger partial charge < -0.3 is 39.9 Å². The summed E-state index contributed by atoms with van der Waals surface area (Å²) in [5.74, 6) is -1.14. The third-order valence-corrected chi connectivity index (χ3v) is 9.26. The van der Waals surface area contributed by atoms with E-state index in [0.29, 0.717) is 12.8 Å². The topological polar surface area (TPSA) is 210 Å². The molecule has 0 aromatic heterocycles. The molecule has 14 heteroatoms. The fourth-order valence-corrected chi connectivity index (χ4v) is 6.21. The van der Waals surface area contributed by atoms with E-state index in [2.05, 4.69) is 26.0 Å². The molecule has 0 spiro atoms. The van der Waals surface area contributed by atoms with Crippen molar-refractivity contribution in [3.63, 3.8) is 0 Å². The van der Waals surface area contributed by atoms with Gasteiger partial charge in [0.05, 0.1) is 6.61 Å². The Hall–Kier alpha value is -2.19. The molecule has 0 aromatic carbocycles. The van der Waals surface area contributed by atoms with Crippen molar-refractivity contribution in [3.8, 4) is 0 Å². The number of carbonyl (C=O) groups excluding carboxylic acids is 2. The van der Waals surface area contributed by atoms with Gasteiger partial charge in [0.15, 0.2) is 6.10 Å². The summed E-state index contributed by atoms with van der Waals surface area (Å²) >= 11 is 0. The molecule has 6 unspecified atom stereocenters. The zero-order valence-corrected chi connectivity index (χ0v) is 31.3. The number of carbonyl (C=O) groups is 2. The van der Waals surface area contributed by atoms with Crippen molar-refractivity contribution in [3.05, 3.63) is 48.6 Å². The maximum atomic E-state index is 12.7. The van der Waals surface area contributed by atoms with Crippen molar-refractivity contribution in [2.24, 2.45) is 0 Å². The minimum atomic E-state index is -5.11. The van der Waals surface area contributed by atoms with Crippen molar-refractivity contribution >= 4 is 19.8 Å². The van der Waals surface area contributed by atoms with E-state index in [9.17, 15) is 44.6 Å². The smallest absolute Gasteiger partial charge is 0.462 e. The molecule has 0 amide bonds. The lowest BCUT2D eigenvalue weighted by molar-refractivity contribution is -0.220. The highest BCUT2D eigenvalue weighted by Gasteiger charge is 2.51. The van der Waals surface area contributed by atoms with Gasteiger partial charge in [-0.3, -0.25) is 18.6 Å². The second kappa shape index (κ2) is 28.3. The first-order valence-corrected chi connectivity index (χ1v) is 20.0. The van der Waals surface area contributed by atoms with Crippen molar-refractivity contribution in [1.82, 2.24) is 0 Å². The molecule has 8 atom stereocenters. The van der Waals surface area contributed by atoms with E-state index >= 15 is 0 Å². The summed E-state index contributed by atoms with van der Waals surface area (Å²) in [5, 5.41) is 49.8. The number of phosphoric acid groups is 1. The number of aliphatic hydroxyl groups excluding tert-OH is 5. The van der Waals surface area contributed by atoms with Crippen LogP contribution in [-0.2, 0) is 32.7 Å². The number of rotatable bonds is 28. The standard InChI is InChI=1S/C37H63O13P/c1-3-5-7-9-11-12-13-14-15-16-17-18-20-21-23-25-30(38)47-27-29(49-31(39)26-24-22-19-10-8-6-4-2)28-48-51(45,46)50-37-35(43)33(41)32(40)34(42)36(37)44/h5,7,9,11-15,29,32-37,40-44H,3-4,6,8,10,16-28H2,1-2H3,(H,45,46)/b7-5+,11-9+,13-12+,15-14+/t29-,32?,33-,34?,35?,36?,37?/m0/s1. The van der Waals surface area contributed by atoms with Crippen LogP contribution in [0.25, 0.3) is 0 Å². The average molecular weight is 747 g/mol. The van der Waals surface area contributed by atoms with Gasteiger partial charge >= 0.3 is 19.8 Å². The maximum Gasteiger partial charge on any atom is 0.472 e. The van der Waals surface area contributed by atoms with Crippen molar-refractivity contribution in [2.45, 2.75) is 159 Å². The summed E-state index contributed by atoms with van der Waals surface area (Å²) in [6.07, 6.45) is 16.5. The molecule has 0 heterocycles. The fourth-order valence-electron chi connectivity index (χ4n) is 5.24. The molecule has 1 fully saturated rings. The minimum absolute atomic E-state index is 0.0881. The molecular weight excluding hydrogens is 683 g/mol. The predicted octanol–water partition coefficient (Wildman–Crippen LogP) is 5.27. The van der Waals surface area contributed by atoms with E-state index in [0.717, 1.165) is 77.0 Å². The second-order valence-corrected chi connectivity index (χ2v) is 14.2. The Labute approximate surface area is 303 Å². The van der Waals surface area contributed by atoms with E-state index in [1.54, 1.807) is 0 Å². The molecule has 1 aliphatic rings. The molecular formula is C37H63O13P. The molecule has 0 aliphatic heterocycles. The highest BCUT2D eigenvalue weighted by Crippen LogP contribution is 2.47. The fraction of sp³-hybridized carbons (Fsp3) is 0.730. The summed E-state index contributed by atoms with van der Waals surface area (Å²) in [4.78, 5) is 35.3. The van der Waals surface area contributed by atoms with Crippen LogP contribution in [0.15, 0.2) is 48.6 Å². The number of ether oxygens (including phenoxy) is 2. The maximum absolute atomic E-state index is 12.7. The zero-order valence-electron chi connectivity index (χ0n) is 30.4. The summed E-state index contributed by atoms with van der Waals surface area (Å²) in [6.45, 7) is 3.03. The number of unbranched alkanes of at least 4 members (excludes halogenated alkanes) is 11. The molecule has 1 aliphatic carbocycles. The van der Waals surface area contributed by atoms with Crippen LogP contribution < -0.4 is 0 Å². The molecule has 13 nitrogen and oxygen atoms in total. The lowest BCUT2D eigenvalue weighted by atomic mass is 9.85. The van der Waals surface area contributed by atoms with Crippen LogP contribution >= 0.6 is 7.82 Å². The van der Waals surface area contributed by atoms with E-state index in [1.807, 2.05) is 36.5 Å². The zero-order chi connectivity index (χ0) is 37.9. The Morgan fingerprint density at radius 1 is 0.627 bits per heavy atom. The van der Waals surface area contributed by atoms with Gasteiger partial charge in [-0.25, -0.2) is 4.57 Å². The highest BCUT2D eigenvalue weighted by atomic mass is 31.2. The molecule has 0 radical (unpaired) electrons. The van der Waals surface area contributed by atoms with E-state index in [-0.39, 0.29) is 12.8 Å². The number of esters is 2. The Kier molecular flexibility index (Phi) is 26.0. The van der Waals surface area contributed by atoms with Gasteiger partial charge in [-0.1, -0.05) is 120 Å². The quantitative estimate of drug-likeness (QED) is 0.0261. The molecule has 0 bridgehead atoms. The van der Waals surface area contributed by atoms with Crippen molar-refractivity contribution in [2.75, 3.05) is 13.2 Å². The normalized spacial score (nSPS) is 24.5. The van der Waals surface area contributed by atoms with Crippen molar-refractivity contribution < 1.29 is 63.1 Å². The Bertz CT molecular complexity index is 1090. The summed E-state index contributed by atoms with van der Waals surface area (Å²) in [7, 11) is -5.11. The second-order valence-electron chi connectivity index (χ2n) is 12.8. The van der Waals surface area contributed by atoms with Crippen molar-refractivity contribution in [1.29, 1.82) is 0 Å². The first-order valence-electron chi connectivity index (χ1n) is 18.5. The van der Waals surface area contributed by atoms with Gasteiger partial charge in [0.1, 0.15) is 43.2 Å². The number of hydrogen-bond acceptors (Lipinski definition) is 12. The number of aliphatic hydroxyl groups is 5.